The molecule has 0 heterocycles. The number of methoxy groups -OCH3 is 1. The molecule has 0 aliphatic rings. The number of hydrazine groups is 1. The van der Waals surface area contributed by atoms with E-state index in [1.807, 2.05) is 0 Å². The number of nitrogens with two attached hydrogens (primary N) is 1. The van der Waals surface area contributed by atoms with Crippen LogP contribution in [0.25, 0.3) is 0 Å². The molecule has 0 aromatic heterocycles. The molecule has 2 aromatic carbocycles. The van der Waals surface area contributed by atoms with Crippen molar-refractivity contribution in [2.75, 3.05) is 7.11 Å². The Labute approximate surface area is 148 Å². The lowest BCUT2D eigenvalue weighted by Crippen LogP contribution is -2.41. The van der Waals surface area contributed by atoms with Gasteiger partial charge in [0.25, 0.3) is 11.8 Å². The summed E-state index contributed by atoms with van der Waals surface area (Å²) in [7, 11) is -2.68. The number of sulfonamides is 1. The molecule has 0 fully saturated rings. The summed E-state index contributed by atoms with van der Waals surface area (Å²) in [4.78, 5) is 23.9. The first kappa shape index (κ1) is 18.7. The first-order valence-corrected chi connectivity index (χ1v) is 8.72. The van der Waals surface area contributed by atoms with Crippen molar-refractivity contribution in [1.29, 1.82) is 0 Å². The van der Waals surface area contributed by atoms with E-state index in [4.69, 9.17) is 21.5 Å². The number of halogens is 1. The molecule has 0 saturated carbocycles. The first-order valence-electron chi connectivity index (χ1n) is 6.79. The van der Waals surface area contributed by atoms with E-state index in [0.717, 1.165) is 6.07 Å². The summed E-state index contributed by atoms with van der Waals surface area (Å²) in [6.45, 7) is 0. The molecule has 8 nitrogen and oxygen atoms in total. The molecular formula is C15H14ClN3O5S. The Hall–Kier alpha value is -2.62. The van der Waals surface area contributed by atoms with Crippen molar-refractivity contribution >= 4 is 33.4 Å². The van der Waals surface area contributed by atoms with Crippen molar-refractivity contribution in [1.82, 2.24) is 10.9 Å². The number of rotatable bonds is 4. The summed E-state index contributed by atoms with van der Waals surface area (Å²) in [6, 6.07) is 9.55. The Morgan fingerprint density at radius 1 is 1.04 bits per heavy atom. The Morgan fingerprint density at radius 3 is 2.20 bits per heavy atom. The van der Waals surface area contributed by atoms with Gasteiger partial charge in [0.2, 0.25) is 10.0 Å². The number of amides is 2. The first-order chi connectivity index (χ1) is 11.7. The summed E-state index contributed by atoms with van der Waals surface area (Å²) in [5.41, 5.74) is 4.55. The van der Waals surface area contributed by atoms with Gasteiger partial charge in [-0.3, -0.25) is 20.4 Å². The highest BCUT2D eigenvalue weighted by Crippen LogP contribution is 2.21. The number of carbonyl (C=O) groups excluding carboxylic acids is 2. The van der Waals surface area contributed by atoms with Crippen molar-refractivity contribution in [3.8, 4) is 5.75 Å². The molecule has 0 aliphatic heterocycles. The molecular weight excluding hydrogens is 370 g/mol. The Morgan fingerprint density at radius 2 is 1.64 bits per heavy atom. The highest BCUT2D eigenvalue weighted by Gasteiger charge is 2.18. The van der Waals surface area contributed by atoms with Crippen LogP contribution in [0, 0.1) is 0 Å². The second-order valence-corrected chi connectivity index (χ2v) is 6.82. The van der Waals surface area contributed by atoms with Gasteiger partial charge in [-0.1, -0.05) is 11.6 Å². The second kappa shape index (κ2) is 7.51. The minimum Gasteiger partial charge on any atom is -0.496 e. The summed E-state index contributed by atoms with van der Waals surface area (Å²) >= 11 is 5.73. The van der Waals surface area contributed by atoms with Gasteiger partial charge in [-0.2, -0.15) is 0 Å². The molecule has 0 radical (unpaired) electrons. The fraction of sp³-hybridized carbons (Fsp3) is 0.0667. The van der Waals surface area contributed by atoms with E-state index in [2.05, 4.69) is 10.9 Å². The maximum atomic E-state index is 12.2. The van der Waals surface area contributed by atoms with Gasteiger partial charge >= 0.3 is 0 Å². The number of primary sulfonamides is 1. The average Bonchev–Trinajstić information content (AvgIpc) is 2.58. The number of carbonyl (C=O) groups is 2. The molecule has 0 bridgehead atoms. The molecule has 2 aromatic rings. The molecule has 132 valence electrons. The summed E-state index contributed by atoms with van der Waals surface area (Å²) < 4.78 is 27.8. The van der Waals surface area contributed by atoms with Crippen LogP contribution in [-0.2, 0) is 10.0 Å². The fourth-order valence-electron chi connectivity index (χ4n) is 1.90. The third-order valence-corrected chi connectivity index (χ3v) is 4.30. The van der Waals surface area contributed by atoms with Crippen LogP contribution < -0.4 is 20.7 Å². The number of ether oxygens (including phenoxy) is 1. The highest BCUT2D eigenvalue weighted by atomic mass is 35.5. The quantitative estimate of drug-likeness (QED) is 0.680. The zero-order valence-corrected chi connectivity index (χ0v) is 14.5. The predicted octanol–water partition coefficient (Wildman–Crippen LogP) is 1.07. The minimum atomic E-state index is -4.00. The van der Waals surface area contributed by atoms with Crippen LogP contribution >= 0.6 is 11.6 Å². The smallest absolute Gasteiger partial charge is 0.273 e. The van der Waals surface area contributed by atoms with E-state index in [1.165, 1.54) is 43.5 Å². The minimum absolute atomic E-state index is 0.106. The lowest BCUT2D eigenvalue weighted by atomic mass is 10.2. The Balaban J connectivity index is 2.17. The van der Waals surface area contributed by atoms with Gasteiger partial charge in [0, 0.05) is 10.6 Å². The van der Waals surface area contributed by atoms with E-state index in [-0.39, 0.29) is 21.8 Å². The number of benzene rings is 2. The molecule has 2 rings (SSSR count). The molecule has 0 spiro atoms. The van der Waals surface area contributed by atoms with E-state index < -0.39 is 21.8 Å². The van der Waals surface area contributed by atoms with Gasteiger partial charge in [-0.25, -0.2) is 13.6 Å². The van der Waals surface area contributed by atoms with Crippen LogP contribution in [0.15, 0.2) is 47.4 Å². The molecule has 2 amide bonds. The van der Waals surface area contributed by atoms with Crippen LogP contribution in [0.5, 0.6) is 5.75 Å². The number of hydrogen-bond acceptors (Lipinski definition) is 5. The molecule has 10 heteroatoms. The zero-order valence-electron chi connectivity index (χ0n) is 12.9. The average molecular weight is 384 g/mol. The third-order valence-electron chi connectivity index (χ3n) is 3.14. The van der Waals surface area contributed by atoms with Gasteiger partial charge < -0.3 is 4.74 Å². The molecule has 0 atom stereocenters. The maximum Gasteiger partial charge on any atom is 0.273 e. The van der Waals surface area contributed by atoms with E-state index >= 15 is 0 Å². The highest BCUT2D eigenvalue weighted by molar-refractivity contribution is 7.89. The van der Waals surface area contributed by atoms with Gasteiger partial charge in [0.15, 0.2) is 0 Å². The number of nitrogens with one attached hydrogen (secondary N) is 2. The molecule has 0 unspecified atom stereocenters. The van der Waals surface area contributed by atoms with Crippen LogP contribution in [-0.4, -0.2) is 27.3 Å². The molecule has 4 N–H and O–H groups in total. The van der Waals surface area contributed by atoms with Gasteiger partial charge in [0.05, 0.1) is 17.6 Å². The fourth-order valence-corrected chi connectivity index (χ4v) is 2.56. The summed E-state index contributed by atoms with van der Waals surface area (Å²) in [5, 5.41) is 5.51. The van der Waals surface area contributed by atoms with Gasteiger partial charge in [-0.05, 0) is 42.5 Å². The van der Waals surface area contributed by atoms with Crippen LogP contribution in [0.4, 0.5) is 0 Å². The summed E-state index contributed by atoms with van der Waals surface area (Å²) in [5.74, 6) is -1.23. The van der Waals surface area contributed by atoms with Crippen molar-refractivity contribution in [3.05, 3.63) is 58.6 Å². The van der Waals surface area contributed by atoms with Gasteiger partial charge in [-0.15, -0.1) is 0 Å². The SMILES string of the molecule is COc1ccc(S(N)(=O)=O)cc1C(=O)NNC(=O)c1ccc(Cl)cc1. The van der Waals surface area contributed by atoms with Crippen molar-refractivity contribution < 1.29 is 22.7 Å². The van der Waals surface area contributed by atoms with Crippen LogP contribution in [0.2, 0.25) is 5.02 Å². The second-order valence-electron chi connectivity index (χ2n) is 4.82. The predicted molar refractivity (Wildman–Crippen MR) is 90.8 cm³/mol. The van der Waals surface area contributed by atoms with Crippen LogP contribution in [0.3, 0.4) is 0 Å². The molecule has 25 heavy (non-hydrogen) atoms. The van der Waals surface area contributed by atoms with E-state index in [0.29, 0.717) is 5.02 Å². The van der Waals surface area contributed by atoms with Crippen molar-refractivity contribution in [2.45, 2.75) is 4.90 Å². The Bertz CT molecular complexity index is 913. The molecule has 0 aliphatic carbocycles. The largest absolute Gasteiger partial charge is 0.496 e. The number of hydrogen-bond donors (Lipinski definition) is 3. The normalized spacial score (nSPS) is 10.8. The van der Waals surface area contributed by atoms with E-state index in [9.17, 15) is 18.0 Å². The van der Waals surface area contributed by atoms with Gasteiger partial charge in [0.1, 0.15) is 5.75 Å². The topological polar surface area (TPSA) is 128 Å². The van der Waals surface area contributed by atoms with E-state index in [1.54, 1.807) is 0 Å². The molecule has 0 saturated heterocycles. The Kier molecular flexibility index (Phi) is 5.62. The van der Waals surface area contributed by atoms with Crippen molar-refractivity contribution in [2.24, 2.45) is 5.14 Å². The maximum absolute atomic E-state index is 12.2. The lowest BCUT2D eigenvalue weighted by molar-refractivity contribution is 0.0844. The third kappa shape index (κ3) is 4.69. The zero-order chi connectivity index (χ0) is 18.6. The van der Waals surface area contributed by atoms with Crippen LogP contribution in [0.1, 0.15) is 20.7 Å². The lowest BCUT2D eigenvalue weighted by Gasteiger charge is -2.11. The standard InChI is InChI=1S/C15H14ClN3O5S/c1-24-13-7-6-11(25(17,22)23)8-12(13)15(21)19-18-14(20)9-2-4-10(16)5-3-9/h2-8H,1H3,(H,18,20)(H,19,21)(H2,17,22,23). The summed E-state index contributed by atoms with van der Waals surface area (Å²) in [6.07, 6.45) is 0. The monoisotopic (exact) mass is 383 g/mol. The van der Waals surface area contributed by atoms with Crippen molar-refractivity contribution in [3.63, 3.8) is 0 Å².